The molecule has 0 fully saturated rings. The molecule has 22 heavy (non-hydrogen) atoms. The van der Waals surface area contributed by atoms with Crippen molar-refractivity contribution in [3.05, 3.63) is 46.2 Å². The highest BCUT2D eigenvalue weighted by atomic mass is 32.1. The predicted molar refractivity (Wildman–Crippen MR) is 89.1 cm³/mol. The van der Waals surface area contributed by atoms with Gasteiger partial charge in [0, 0.05) is 22.9 Å². The fourth-order valence-corrected chi connectivity index (χ4v) is 3.01. The van der Waals surface area contributed by atoms with Crippen LogP contribution < -0.4 is 14.8 Å². The van der Waals surface area contributed by atoms with Crippen molar-refractivity contribution in [2.75, 3.05) is 13.7 Å². The number of hydrogen-bond acceptors (Lipinski definition) is 4. The molecule has 0 aliphatic heterocycles. The standard InChI is InChI=1S/C17H21NO3S/c1-4-21-16-11-13(7-8-15(16)20-3)17(19)18-12(2)10-14-6-5-9-22-14/h5-9,11-12H,4,10H2,1-3H3,(H,18,19). The molecular weight excluding hydrogens is 298 g/mol. The zero-order chi connectivity index (χ0) is 15.9. The van der Waals surface area contributed by atoms with Crippen LogP contribution in [0, 0.1) is 0 Å². The molecule has 1 aromatic carbocycles. The highest BCUT2D eigenvalue weighted by molar-refractivity contribution is 7.09. The van der Waals surface area contributed by atoms with Crippen LogP contribution in [0.5, 0.6) is 11.5 Å². The van der Waals surface area contributed by atoms with Crippen LogP contribution in [0.15, 0.2) is 35.7 Å². The Balaban J connectivity index is 2.03. The van der Waals surface area contributed by atoms with E-state index in [0.717, 1.165) is 6.42 Å². The van der Waals surface area contributed by atoms with Crippen molar-refractivity contribution in [3.8, 4) is 11.5 Å². The number of ether oxygens (including phenoxy) is 2. The zero-order valence-electron chi connectivity index (χ0n) is 13.1. The minimum atomic E-state index is -0.104. The highest BCUT2D eigenvalue weighted by Crippen LogP contribution is 2.28. The third kappa shape index (κ3) is 4.24. The summed E-state index contributed by atoms with van der Waals surface area (Å²) in [5.41, 5.74) is 0.572. The molecule has 1 unspecified atom stereocenters. The summed E-state index contributed by atoms with van der Waals surface area (Å²) in [5, 5.41) is 5.06. The maximum atomic E-state index is 12.3. The molecule has 1 amide bonds. The molecule has 0 aliphatic carbocycles. The number of hydrogen-bond donors (Lipinski definition) is 1. The molecule has 1 atom stereocenters. The topological polar surface area (TPSA) is 47.6 Å². The van der Waals surface area contributed by atoms with Gasteiger partial charge in [0.15, 0.2) is 11.5 Å². The molecule has 4 nitrogen and oxygen atoms in total. The van der Waals surface area contributed by atoms with Gasteiger partial charge in [0.1, 0.15) is 0 Å². The van der Waals surface area contributed by atoms with Gasteiger partial charge in [0.2, 0.25) is 0 Å². The van der Waals surface area contributed by atoms with Crippen LogP contribution >= 0.6 is 11.3 Å². The second-order valence-corrected chi connectivity index (χ2v) is 5.99. The lowest BCUT2D eigenvalue weighted by Gasteiger charge is -2.15. The van der Waals surface area contributed by atoms with Gasteiger partial charge in [-0.1, -0.05) is 6.07 Å². The maximum Gasteiger partial charge on any atom is 0.251 e. The second-order valence-electron chi connectivity index (χ2n) is 4.96. The summed E-state index contributed by atoms with van der Waals surface area (Å²) in [4.78, 5) is 13.6. The summed E-state index contributed by atoms with van der Waals surface area (Å²) in [6.45, 7) is 4.43. The van der Waals surface area contributed by atoms with Gasteiger partial charge in [-0.15, -0.1) is 11.3 Å². The quantitative estimate of drug-likeness (QED) is 0.849. The van der Waals surface area contributed by atoms with Crippen LogP contribution in [0.2, 0.25) is 0 Å². The molecule has 2 rings (SSSR count). The minimum Gasteiger partial charge on any atom is -0.493 e. The van der Waals surface area contributed by atoms with Gasteiger partial charge in [0.25, 0.3) is 5.91 Å². The Morgan fingerprint density at radius 3 is 2.77 bits per heavy atom. The minimum absolute atomic E-state index is 0.0730. The first-order valence-electron chi connectivity index (χ1n) is 7.28. The number of thiophene rings is 1. The van der Waals surface area contributed by atoms with Crippen molar-refractivity contribution in [1.82, 2.24) is 5.32 Å². The lowest BCUT2D eigenvalue weighted by atomic mass is 10.1. The van der Waals surface area contributed by atoms with E-state index >= 15 is 0 Å². The third-order valence-corrected chi connectivity index (χ3v) is 4.09. The van der Waals surface area contributed by atoms with Gasteiger partial charge in [-0.3, -0.25) is 4.79 Å². The molecule has 1 N–H and O–H groups in total. The Labute approximate surface area is 135 Å². The summed E-state index contributed by atoms with van der Waals surface area (Å²) in [6.07, 6.45) is 0.831. The van der Waals surface area contributed by atoms with Crippen LogP contribution in [0.3, 0.4) is 0 Å². The van der Waals surface area contributed by atoms with Crippen molar-refractivity contribution in [1.29, 1.82) is 0 Å². The zero-order valence-corrected chi connectivity index (χ0v) is 13.9. The average molecular weight is 319 g/mol. The Bertz CT molecular complexity index is 610. The molecule has 0 aliphatic rings. The Kier molecular flexibility index (Phi) is 5.83. The molecule has 1 heterocycles. The molecule has 5 heteroatoms. The molecule has 2 aromatic rings. The van der Waals surface area contributed by atoms with Crippen molar-refractivity contribution >= 4 is 17.2 Å². The number of carbonyl (C=O) groups is 1. The molecule has 1 aromatic heterocycles. The number of nitrogens with one attached hydrogen (secondary N) is 1. The first-order chi connectivity index (χ1) is 10.6. The Morgan fingerprint density at radius 1 is 1.32 bits per heavy atom. The van der Waals surface area contributed by atoms with Gasteiger partial charge in [-0.25, -0.2) is 0 Å². The first-order valence-corrected chi connectivity index (χ1v) is 8.16. The van der Waals surface area contributed by atoms with Crippen molar-refractivity contribution in [2.24, 2.45) is 0 Å². The fraction of sp³-hybridized carbons (Fsp3) is 0.353. The van der Waals surface area contributed by atoms with E-state index < -0.39 is 0 Å². The van der Waals surface area contributed by atoms with Crippen LogP contribution in [-0.2, 0) is 6.42 Å². The van der Waals surface area contributed by atoms with Crippen molar-refractivity contribution in [3.63, 3.8) is 0 Å². The maximum absolute atomic E-state index is 12.3. The van der Waals surface area contributed by atoms with Crippen molar-refractivity contribution in [2.45, 2.75) is 26.3 Å². The number of benzene rings is 1. The molecule has 0 bridgehead atoms. The normalized spacial score (nSPS) is 11.8. The van der Waals surface area contributed by atoms with Gasteiger partial charge in [-0.05, 0) is 43.5 Å². The van der Waals surface area contributed by atoms with E-state index in [1.807, 2.05) is 25.3 Å². The number of rotatable bonds is 7. The van der Waals surface area contributed by atoms with E-state index in [0.29, 0.717) is 23.7 Å². The monoisotopic (exact) mass is 319 g/mol. The molecular formula is C17H21NO3S. The largest absolute Gasteiger partial charge is 0.493 e. The highest BCUT2D eigenvalue weighted by Gasteiger charge is 2.14. The molecule has 118 valence electrons. The second kappa shape index (κ2) is 7.84. The fourth-order valence-electron chi connectivity index (χ4n) is 2.17. The summed E-state index contributed by atoms with van der Waals surface area (Å²) in [6, 6.07) is 9.39. The van der Waals surface area contributed by atoms with Gasteiger partial charge in [-0.2, -0.15) is 0 Å². The first kappa shape index (κ1) is 16.4. The number of carbonyl (C=O) groups excluding carboxylic acids is 1. The summed E-state index contributed by atoms with van der Waals surface area (Å²) < 4.78 is 10.7. The molecule has 0 spiro atoms. The number of amides is 1. The lowest BCUT2D eigenvalue weighted by molar-refractivity contribution is 0.0939. The number of methoxy groups -OCH3 is 1. The van der Waals surface area contributed by atoms with E-state index in [-0.39, 0.29) is 11.9 Å². The van der Waals surface area contributed by atoms with Gasteiger partial charge < -0.3 is 14.8 Å². The molecule has 0 saturated carbocycles. The van der Waals surface area contributed by atoms with Crippen LogP contribution in [0.25, 0.3) is 0 Å². The van der Waals surface area contributed by atoms with E-state index in [1.54, 1.807) is 36.6 Å². The summed E-state index contributed by atoms with van der Waals surface area (Å²) in [5.74, 6) is 1.11. The van der Waals surface area contributed by atoms with Crippen LogP contribution in [0.4, 0.5) is 0 Å². The van der Waals surface area contributed by atoms with E-state index in [9.17, 15) is 4.79 Å². The summed E-state index contributed by atoms with van der Waals surface area (Å²) in [7, 11) is 1.58. The SMILES string of the molecule is CCOc1cc(C(=O)NC(C)Cc2cccs2)ccc1OC. The van der Waals surface area contributed by atoms with E-state index in [1.165, 1.54) is 4.88 Å². The Hall–Kier alpha value is -2.01. The molecule has 0 saturated heterocycles. The van der Waals surface area contributed by atoms with E-state index in [2.05, 4.69) is 11.4 Å². The Morgan fingerprint density at radius 2 is 2.14 bits per heavy atom. The van der Waals surface area contributed by atoms with Crippen LogP contribution in [-0.4, -0.2) is 25.7 Å². The summed E-state index contributed by atoms with van der Waals surface area (Å²) >= 11 is 1.70. The van der Waals surface area contributed by atoms with Crippen LogP contribution in [0.1, 0.15) is 29.1 Å². The third-order valence-electron chi connectivity index (χ3n) is 3.19. The smallest absolute Gasteiger partial charge is 0.251 e. The van der Waals surface area contributed by atoms with Crippen molar-refractivity contribution < 1.29 is 14.3 Å². The van der Waals surface area contributed by atoms with Gasteiger partial charge >= 0.3 is 0 Å². The predicted octanol–water partition coefficient (Wildman–Crippen LogP) is 3.52. The molecule has 0 radical (unpaired) electrons. The average Bonchev–Trinajstić information content (AvgIpc) is 3.00. The van der Waals surface area contributed by atoms with Gasteiger partial charge in [0.05, 0.1) is 13.7 Å². The van der Waals surface area contributed by atoms with E-state index in [4.69, 9.17) is 9.47 Å². The lowest BCUT2D eigenvalue weighted by Crippen LogP contribution is -2.33.